The van der Waals surface area contributed by atoms with Gasteiger partial charge < -0.3 is 15.8 Å². The lowest BCUT2D eigenvalue weighted by atomic mass is 10.2. The molecule has 1 aromatic rings. The molecule has 0 amide bonds. The van der Waals surface area contributed by atoms with E-state index in [2.05, 4.69) is 21.2 Å². The monoisotopic (exact) mass is 272 g/mol. The van der Waals surface area contributed by atoms with Crippen LogP contribution in [0.25, 0.3) is 0 Å². The molecule has 1 atom stereocenters. The van der Waals surface area contributed by atoms with Gasteiger partial charge in [0.1, 0.15) is 0 Å². The summed E-state index contributed by atoms with van der Waals surface area (Å²) in [6.07, 6.45) is 0.189. The Hall–Kier alpha value is -0.580. The SMILES string of the molecule is COC(C)CNc1cc(Br)ccc1CN. The molecule has 1 aromatic carbocycles. The third-order valence-corrected chi connectivity index (χ3v) is 2.77. The maximum atomic E-state index is 5.65. The molecule has 0 saturated heterocycles. The second kappa shape index (κ2) is 6.10. The summed E-state index contributed by atoms with van der Waals surface area (Å²) < 4.78 is 6.22. The van der Waals surface area contributed by atoms with Crippen molar-refractivity contribution in [2.45, 2.75) is 19.6 Å². The third-order valence-electron chi connectivity index (χ3n) is 2.27. The topological polar surface area (TPSA) is 47.3 Å². The molecule has 3 N–H and O–H groups in total. The molecule has 1 rings (SSSR count). The van der Waals surface area contributed by atoms with E-state index in [9.17, 15) is 0 Å². The van der Waals surface area contributed by atoms with E-state index in [0.29, 0.717) is 6.54 Å². The van der Waals surface area contributed by atoms with Gasteiger partial charge in [-0.05, 0) is 24.6 Å². The number of ether oxygens (including phenoxy) is 1. The van der Waals surface area contributed by atoms with E-state index < -0.39 is 0 Å². The number of halogens is 1. The van der Waals surface area contributed by atoms with E-state index in [1.54, 1.807) is 7.11 Å². The van der Waals surface area contributed by atoms with Gasteiger partial charge in [-0.25, -0.2) is 0 Å². The number of anilines is 1. The van der Waals surface area contributed by atoms with Crippen LogP contribution in [-0.4, -0.2) is 19.8 Å². The van der Waals surface area contributed by atoms with Gasteiger partial charge in [-0.2, -0.15) is 0 Å². The molecule has 0 fully saturated rings. The van der Waals surface area contributed by atoms with Gasteiger partial charge in [-0.3, -0.25) is 0 Å². The minimum absolute atomic E-state index is 0.189. The van der Waals surface area contributed by atoms with Gasteiger partial charge in [0.2, 0.25) is 0 Å². The summed E-state index contributed by atoms with van der Waals surface area (Å²) in [5.74, 6) is 0. The van der Waals surface area contributed by atoms with Crippen LogP contribution in [0.1, 0.15) is 12.5 Å². The first-order valence-electron chi connectivity index (χ1n) is 4.92. The van der Waals surface area contributed by atoms with Crippen LogP contribution in [-0.2, 0) is 11.3 Å². The summed E-state index contributed by atoms with van der Waals surface area (Å²) in [7, 11) is 1.71. The Labute approximate surface area is 99.1 Å². The number of rotatable bonds is 5. The average Bonchev–Trinajstić information content (AvgIpc) is 2.26. The summed E-state index contributed by atoms with van der Waals surface area (Å²) in [6.45, 7) is 3.34. The van der Waals surface area contributed by atoms with Crippen LogP contribution >= 0.6 is 15.9 Å². The molecule has 4 heteroatoms. The number of nitrogens with two attached hydrogens (primary N) is 1. The van der Waals surface area contributed by atoms with Gasteiger partial charge >= 0.3 is 0 Å². The van der Waals surface area contributed by atoms with E-state index in [1.165, 1.54) is 0 Å². The number of hydrogen-bond donors (Lipinski definition) is 2. The highest BCUT2D eigenvalue weighted by Gasteiger charge is 2.03. The first-order chi connectivity index (χ1) is 7.17. The number of nitrogens with one attached hydrogen (secondary N) is 1. The lowest BCUT2D eigenvalue weighted by Gasteiger charge is -2.14. The summed E-state index contributed by atoms with van der Waals surface area (Å²) >= 11 is 3.44. The van der Waals surface area contributed by atoms with Gasteiger partial charge in [0.25, 0.3) is 0 Å². The quantitative estimate of drug-likeness (QED) is 0.865. The highest BCUT2D eigenvalue weighted by molar-refractivity contribution is 9.10. The van der Waals surface area contributed by atoms with Crippen LogP contribution in [0.3, 0.4) is 0 Å². The van der Waals surface area contributed by atoms with Crippen molar-refractivity contribution in [2.75, 3.05) is 19.0 Å². The molecule has 0 saturated carbocycles. The van der Waals surface area contributed by atoms with Gasteiger partial charge in [0, 0.05) is 30.4 Å². The Kier molecular flexibility index (Phi) is 5.08. The van der Waals surface area contributed by atoms with E-state index in [1.807, 2.05) is 25.1 Å². The number of hydrogen-bond acceptors (Lipinski definition) is 3. The predicted molar refractivity (Wildman–Crippen MR) is 67.0 cm³/mol. The molecule has 0 heterocycles. The first-order valence-corrected chi connectivity index (χ1v) is 5.71. The Balaban J connectivity index is 2.69. The van der Waals surface area contributed by atoms with Gasteiger partial charge in [0.05, 0.1) is 6.10 Å². The minimum atomic E-state index is 0.189. The van der Waals surface area contributed by atoms with E-state index >= 15 is 0 Å². The Bertz CT molecular complexity index is 317. The zero-order valence-corrected chi connectivity index (χ0v) is 10.7. The molecule has 0 bridgehead atoms. The Morgan fingerprint density at radius 1 is 1.53 bits per heavy atom. The molecule has 0 aliphatic carbocycles. The molecule has 3 nitrogen and oxygen atoms in total. The van der Waals surface area contributed by atoms with Crippen LogP contribution in [0, 0.1) is 0 Å². The van der Waals surface area contributed by atoms with Crippen molar-refractivity contribution in [3.05, 3.63) is 28.2 Å². The molecule has 0 radical (unpaired) electrons. The van der Waals surface area contributed by atoms with Crippen molar-refractivity contribution in [2.24, 2.45) is 5.73 Å². The summed E-state index contributed by atoms with van der Waals surface area (Å²) in [5.41, 5.74) is 7.83. The molecule has 0 aliphatic heterocycles. The summed E-state index contributed by atoms with van der Waals surface area (Å²) in [6, 6.07) is 6.04. The maximum absolute atomic E-state index is 5.65. The first kappa shape index (κ1) is 12.5. The smallest absolute Gasteiger partial charge is 0.0715 e. The molecule has 1 unspecified atom stereocenters. The van der Waals surface area contributed by atoms with E-state index in [0.717, 1.165) is 22.3 Å². The molecular formula is C11H17BrN2O. The van der Waals surface area contributed by atoms with Crippen molar-refractivity contribution >= 4 is 21.6 Å². The van der Waals surface area contributed by atoms with Crippen LogP contribution in [0.15, 0.2) is 22.7 Å². The Morgan fingerprint density at radius 2 is 2.27 bits per heavy atom. The second-order valence-electron chi connectivity index (χ2n) is 3.43. The van der Waals surface area contributed by atoms with Gasteiger partial charge in [0.15, 0.2) is 0 Å². The van der Waals surface area contributed by atoms with Crippen molar-refractivity contribution in [1.29, 1.82) is 0 Å². The minimum Gasteiger partial charge on any atom is -0.382 e. The van der Waals surface area contributed by atoms with Crippen LogP contribution in [0.5, 0.6) is 0 Å². The van der Waals surface area contributed by atoms with Crippen LogP contribution < -0.4 is 11.1 Å². The largest absolute Gasteiger partial charge is 0.382 e. The van der Waals surface area contributed by atoms with Crippen molar-refractivity contribution in [1.82, 2.24) is 0 Å². The fourth-order valence-electron chi connectivity index (χ4n) is 1.23. The normalized spacial score (nSPS) is 12.5. The number of benzene rings is 1. The fourth-order valence-corrected chi connectivity index (χ4v) is 1.59. The molecular weight excluding hydrogens is 256 g/mol. The van der Waals surface area contributed by atoms with E-state index in [4.69, 9.17) is 10.5 Å². The van der Waals surface area contributed by atoms with Crippen LogP contribution in [0.2, 0.25) is 0 Å². The van der Waals surface area contributed by atoms with Crippen molar-refractivity contribution in [3.63, 3.8) is 0 Å². The highest BCUT2D eigenvalue weighted by Crippen LogP contribution is 2.21. The second-order valence-corrected chi connectivity index (χ2v) is 4.35. The zero-order valence-electron chi connectivity index (χ0n) is 9.09. The highest BCUT2D eigenvalue weighted by atomic mass is 79.9. The summed E-state index contributed by atoms with van der Waals surface area (Å²) in [5, 5.41) is 3.32. The van der Waals surface area contributed by atoms with Crippen molar-refractivity contribution in [3.8, 4) is 0 Å². The lowest BCUT2D eigenvalue weighted by molar-refractivity contribution is 0.129. The third kappa shape index (κ3) is 3.81. The molecule has 15 heavy (non-hydrogen) atoms. The zero-order chi connectivity index (χ0) is 11.3. The van der Waals surface area contributed by atoms with E-state index in [-0.39, 0.29) is 6.10 Å². The molecule has 0 spiro atoms. The maximum Gasteiger partial charge on any atom is 0.0715 e. The lowest BCUT2D eigenvalue weighted by Crippen LogP contribution is -2.19. The molecule has 0 aliphatic rings. The average molecular weight is 273 g/mol. The molecule has 84 valence electrons. The number of methoxy groups -OCH3 is 1. The predicted octanol–water partition coefficient (Wildman–Crippen LogP) is 2.35. The standard InChI is InChI=1S/C11H17BrN2O/c1-8(15-2)7-14-11-5-10(12)4-3-9(11)6-13/h3-5,8,14H,6-7,13H2,1-2H3. The molecule has 0 aromatic heterocycles. The summed E-state index contributed by atoms with van der Waals surface area (Å²) in [4.78, 5) is 0. The fraction of sp³-hybridized carbons (Fsp3) is 0.455. The van der Waals surface area contributed by atoms with Gasteiger partial charge in [-0.1, -0.05) is 22.0 Å². The van der Waals surface area contributed by atoms with Crippen LogP contribution in [0.4, 0.5) is 5.69 Å². The van der Waals surface area contributed by atoms with Crippen molar-refractivity contribution < 1.29 is 4.74 Å². The Morgan fingerprint density at radius 3 is 2.87 bits per heavy atom. The van der Waals surface area contributed by atoms with Gasteiger partial charge in [-0.15, -0.1) is 0 Å².